The van der Waals surface area contributed by atoms with Crippen LogP contribution in [0.1, 0.15) is 0 Å². The molecule has 0 fully saturated rings. The normalized spacial score (nSPS) is 11.5. The van der Waals surface area contributed by atoms with Crippen LogP contribution in [0, 0.1) is 0 Å². The summed E-state index contributed by atoms with van der Waals surface area (Å²) in [7, 11) is 0. The molecular weight excluding hydrogens is 765 g/mol. The van der Waals surface area contributed by atoms with Gasteiger partial charge in [0.15, 0.2) is 0 Å². The van der Waals surface area contributed by atoms with E-state index in [0.717, 1.165) is 78.1 Å². The molecule has 0 saturated carbocycles. The molecule has 2 aromatic heterocycles. The summed E-state index contributed by atoms with van der Waals surface area (Å²) in [5.74, 6) is 0. The third-order valence-electron chi connectivity index (χ3n) is 12.4. The summed E-state index contributed by atoms with van der Waals surface area (Å²) in [6.07, 6.45) is 0. The van der Waals surface area contributed by atoms with Gasteiger partial charge in [0, 0.05) is 49.6 Å². The summed E-state index contributed by atoms with van der Waals surface area (Å²) in [4.78, 5) is 2.42. The zero-order valence-corrected chi connectivity index (χ0v) is 34.4. The van der Waals surface area contributed by atoms with Crippen LogP contribution in [0.15, 0.2) is 247 Å². The van der Waals surface area contributed by atoms with Gasteiger partial charge in [0.05, 0.1) is 22.4 Å². The average molecular weight is 805 g/mol. The third-order valence-corrected chi connectivity index (χ3v) is 12.4. The fourth-order valence-electron chi connectivity index (χ4n) is 9.52. The smallest absolute Gasteiger partial charge is 0.143 e. The minimum absolute atomic E-state index is 0.890. The maximum absolute atomic E-state index is 6.58. The molecule has 0 spiro atoms. The van der Waals surface area contributed by atoms with Crippen molar-refractivity contribution < 1.29 is 4.42 Å². The van der Waals surface area contributed by atoms with E-state index in [-0.39, 0.29) is 0 Å². The lowest BCUT2D eigenvalue weighted by Gasteiger charge is -2.29. The van der Waals surface area contributed by atoms with Crippen LogP contribution in [0.3, 0.4) is 0 Å². The Hall–Kier alpha value is -8.40. The SMILES string of the molecule is c1ccc(-c2cccc(-c3cccc(N(c4cccc(-c5cccc6c5oc5ccccc56)c4)c4ccccc4-c4ccccc4-n4c5ccccc5c5ccccc54)c3)c2)cc1. The molecule has 0 saturated heterocycles. The van der Waals surface area contributed by atoms with Crippen molar-refractivity contribution in [3.8, 4) is 50.2 Å². The van der Waals surface area contributed by atoms with E-state index >= 15 is 0 Å². The van der Waals surface area contributed by atoms with Crippen LogP contribution in [-0.2, 0) is 0 Å². The highest BCUT2D eigenvalue weighted by molar-refractivity contribution is 6.11. The minimum atomic E-state index is 0.890. The van der Waals surface area contributed by atoms with Gasteiger partial charge in [0.25, 0.3) is 0 Å². The molecule has 3 heteroatoms. The highest BCUT2D eigenvalue weighted by Gasteiger charge is 2.22. The van der Waals surface area contributed by atoms with Gasteiger partial charge >= 0.3 is 0 Å². The maximum Gasteiger partial charge on any atom is 0.143 e. The first kappa shape index (κ1) is 36.5. The van der Waals surface area contributed by atoms with Crippen LogP contribution in [0.25, 0.3) is 93.9 Å². The van der Waals surface area contributed by atoms with E-state index in [1.54, 1.807) is 0 Å². The topological polar surface area (TPSA) is 21.3 Å². The molecule has 0 N–H and O–H groups in total. The van der Waals surface area contributed by atoms with Crippen molar-refractivity contribution in [3.63, 3.8) is 0 Å². The van der Waals surface area contributed by atoms with Crippen molar-refractivity contribution in [2.24, 2.45) is 0 Å². The number of para-hydroxylation sites is 6. The molecule has 12 aromatic rings. The van der Waals surface area contributed by atoms with Gasteiger partial charge in [-0.25, -0.2) is 0 Å². The molecule has 0 unspecified atom stereocenters. The number of fused-ring (bicyclic) bond motifs is 6. The van der Waals surface area contributed by atoms with Crippen molar-refractivity contribution in [1.29, 1.82) is 0 Å². The fourth-order valence-corrected chi connectivity index (χ4v) is 9.52. The lowest BCUT2D eigenvalue weighted by molar-refractivity contribution is 0.670. The predicted octanol–water partition coefficient (Wildman–Crippen LogP) is 16.8. The molecule has 2 heterocycles. The van der Waals surface area contributed by atoms with E-state index in [1.165, 1.54) is 32.9 Å². The molecule has 0 aliphatic rings. The zero-order valence-electron chi connectivity index (χ0n) is 34.4. The lowest BCUT2D eigenvalue weighted by atomic mass is 9.97. The third kappa shape index (κ3) is 6.29. The maximum atomic E-state index is 6.58. The first-order valence-corrected chi connectivity index (χ1v) is 21.5. The molecule has 10 aromatic carbocycles. The highest BCUT2D eigenvalue weighted by atomic mass is 16.3. The van der Waals surface area contributed by atoms with Crippen LogP contribution in [0.5, 0.6) is 0 Å². The standard InChI is InChI=1S/C60H40N2O/c1-2-18-41(19-3-1)42-20-14-21-43(38-42)44-22-15-24-46(39-44)61(47-25-16-23-45(40-47)48-31-17-32-54-53-30-8-13-37-59(53)63-60(48)54)55-33-9-4-26-49(55)50-27-5-10-34-56(50)62-57-35-11-6-28-51(57)52-29-7-12-36-58(52)62/h1-40H. The number of benzene rings is 10. The molecule has 0 atom stereocenters. The zero-order chi connectivity index (χ0) is 41.7. The summed E-state index contributed by atoms with van der Waals surface area (Å²) >= 11 is 0. The molecule has 0 aliphatic heterocycles. The number of aromatic nitrogens is 1. The summed E-state index contributed by atoms with van der Waals surface area (Å²) in [6, 6.07) is 87.2. The van der Waals surface area contributed by atoms with Gasteiger partial charge in [-0.1, -0.05) is 182 Å². The van der Waals surface area contributed by atoms with E-state index in [4.69, 9.17) is 4.42 Å². The fraction of sp³-hybridized carbons (Fsp3) is 0. The van der Waals surface area contributed by atoms with Crippen LogP contribution >= 0.6 is 0 Å². The van der Waals surface area contributed by atoms with E-state index in [2.05, 4.69) is 240 Å². The van der Waals surface area contributed by atoms with Crippen molar-refractivity contribution in [1.82, 2.24) is 4.57 Å². The number of hydrogen-bond acceptors (Lipinski definition) is 2. The molecule has 296 valence electrons. The van der Waals surface area contributed by atoms with Gasteiger partial charge in [-0.15, -0.1) is 0 Å². The van der Waals surface area contributed by atoms with Crippen molar-refractivity contribution in [2.45, 2.75) is 0 Å². The van der Waals surface area contributed by atoms with Crippen LogP contribution < -0.4 is 4.90 Å². The Morgan fingerprint density at radius 1 is 0.317 bits per heavy atom. The Kier molecular flexibility index (Phi) is 8.83. The lowest BCUT2D eigenvalue weighted by Crippen LogP contribution is -2.12. The Labute approximate surface area is 366 Å². The van der Waals surface area contributed by atoms with E-state index < -0.39 is 0 Å². The van der Waals surface area contributed by atoms with Gasteiger partial charge in [-0.2, -0.15) is 0 Å². The predicted molar refractivity (Wildman–Crippen MR) is 264 cm³/mol. The molecule has 0 amide bonds. The minimum Gasteiger partial charge on any atom is -0.455 e. The average Bonchev–Trinajstić information content (AvgIpc) is 3.91. The van der Waals surface area contributed by atoms with Crippen molar-refractivity contribution >= 4 is 60.8 Å². The van der Waals surface area contributed by atoms with Gasteiger partial charge in [-0.3, -0.25) is 0 Å². The Morgan fingerprint density at radius 2 is 0.810 bits per heavy atom. The second-order valence-electron chi connectivity index (χ2n) is 16.1. The van der Waals surface area contributed by atoms with E-state index in [1.807, 2.05) is 12.1 Å². The monoisotopic (exact) mass is 804 g/mol. The van der Waals surface area contributed by atoms with Crippen LogP contribution in [0.2, 0.25) is 0 Å². The van der Waals surface area contributed by atoms with Gasteiger partial charge < -0.3 is 13.9 Å². The molecule has 12 rings (SSSR count). The summed E-state index contributed by atoms with van der Waals surface area (Å²) in [5, 5.41) is 4.71. The second-order valence-corrected chi connectivity index (χ2v) is 16.1. The number of furan rings is 1. The highest BCUT2D eigenvalue weighted by Crippen LogP contribution is 2.46. The van der Waals surface area contributed by atoms with Gasteiger partial charge in [0.1, 0.15) is 11.2 Å². The van der Waals surface area contributed by atoms with E-state index in [9.17, 15) is 0 Å². The van der Waals surface area contributed by atoms with Crippen LogP contribution in [0.4, 0.5) is 17.1 Å². The molecule has 3 nitrogen and oxygen atoms in total. The summed E-state index contributed by atoms with van der Waals surface area (Å²) in [6.45, 7) is 0. The molecular formula is C60H40N2O. The van der Waals surface area contributed by atoms with Gasteiger partial charge in [-0.05, 0) is 88.5 Å². The molecule has 0 aliphatic carbocycles. The summed E-state index contributed by atoms with van der Waals surface area (Å²) < 4.78 is 9.01. The second kappa shape index (κ2) is 15.3. The quantitative estimate of drug-likeness (QED) is 0.153. The Balaban J connectivity index is 1.07. The number of rotatable bonds is 8. The first-order valence-electron chi connectivity index (χ1n) is 21.5. The number of nitrogens with zero attached hydrogens (tertiary/aromatic N) is 2. The van der Waals surface area contributed by atoms with Crippen LogP contribution in [-0.4, -0.2) is 4.57 Å². The van der Waals surface area contributed by atoms with Crippen molar-refractivity contribution in [2.75, 3.05) is 4.90 Å². The Bertz CT molecular complexity index is 3600. The number of anilines is 3. The molecule has 0 bridgehead atoms. The summed E-state index contributed by atoms with van der Waals surface area (Å²) in [5.41, 5.74) is 17.5. The molecule has 0 radical (unpaired) electrons. The molecule has 63 heavy (non-hydrogen) atoms. The van der Waals surface area contributed by atoms with Gasteiger partial charge in [0.2, 0.25) is 0 Å². The first-order chi connectivity index (χ1) is 31.3. The Morgan fingerprint density at radius 3 is 1.57 bits per heavy atom. The number of hydrogen-bond donors (Lipinski definition) is 0. The largest absolute Gasteiger partial charge is 0.455 e. The van der Waals surface area contributed by atoms with E-state index in [0.29, 0.717) is 0 Å². The van der Waals surface area contributed by atoms with Crippen molar-refractivity contribution in [3.05, 3.63) is 243 Å².